The highest BCUT2D eigenvalue weighted by Gasteiger charge is 2.23. The summed E-state index contributed by atoms with van der Waals surface area (Å²) in [4.78, 5) is 43.3. The monoisotopic (exact) mass is 619 g/mol. The van der Waals surface area contributed by atoms with Crippen LogP contribution in [-0.4, -0.2) is 55.0 Å². The van der Waals surface area contributed by atoms with Gasteiger partial charge >= 0.3 is 0 Å². The highest BCUT2D eigenvalue weighted by Crippen LogP contribution is 2.26. The van der Waals surface area contributed by atoms with Crippen molar-refractivity contribution in [3.63, 3.8) is 0 Å². The van der Waals surface area contributed by atoms with Gasteiger partial charge in [-0.25, -0.2) is 10.8 Å². The van der Waals surface area contributed by atoms with Gasteiger partial charge in [0.1, 0.15) is 12.4 Å². The van der Waals surface area contributed by atoms with Crippen LogP contribution in [0.2, 0.25) is 5.02 Å². The number of hydrogen-bond acceptors (Lipinski definition) is 7. The van der Waals surface area contributed by atoms with E-state index in [1.807, 2.05) is 38.1 Å². The van der Waals surface area contributed by atoms with Crippen LogP contribution in [-0.2, 0) is 11.2 Å². The second-order valence-electron chi connectivity index (χ2n) is 11.2. The Morgan fingerprint density at radius 1 is 0.977 bits per heavy atom. The molecule has 0 saturated heterocycles. The molecule has 1 aliphatic rings. The van der Waals surface area contributed by atoms with Crippen LogP contribution in [0.1, 0.15) is 69.9 Å². The molecule has 232 valence electrons. The Morgan fingerprint density at radius 3 is 2.25 bits per heavy atom. The molecule has 2 unspecified atom stereocenters. The molecular weight excluding hydrogens is 582 g/mol. The third kappa shape index (κ3) is 8.36. The topological polar surface area (TPSA) is 144 Å². The molecule has 0 saturated carbocycles. The van der Waals surface area contributed by atoms with Crippen molar-refractivity contribution in [2.24, 2.45) is 16.8 Å². The van der Waals surface area contributed by atoms with E-state index in [1.165, 1.54) is 12.1 Å². The number of amides is 3. The maximum Gasteiger partial charge on any atom is 0.265 e. The van der Waals surface area contributed by atoms with Crippen molar-refractivity contribution in [1.82, 2.24) is 16.1 Å². The molecular formula is C33H38ClN5O5. The summed E-state index contributed by atoms with van der Waals surface area (Å²) in [6.45, 7) is 8.65. The van der Waals surface area contributed by atoms with Gasteiger partial charge in [-0.05, 0) is 74.2 Å². The number of aliphatic imine (C=N–C) groups is 1. The zero-order chi connectivity index (χ0) is 31.8. The Kier molecular flexibility index (Phi) is 11.0. The lowest BCUT2D eigenvalue weighted by atomic mass is 10.0. The van der Waals surface area contributed by atoms with Gasteiger partial charge < -0.3 is 20.1 Å². The molecule has 5 N–H and O–H groups in total. The number of nitrogen functional groups attached to an aromatic ring is 1. The molecule has 0 aromatic heterocycles. The fraction of sp³-hybridized carbons (Fsp3) is 0.333. The first-order valence-electron chi connectivity index (χ1n) is 14.5. The van der Waals surface area contributed by atoms with E-state index in [1.54, 1.807) is 30.3 Å². The number of halogens is 1. The summed E-state index contributed by atoms with van der Waals surface area (Å²) in [5, 5.41) is 6.18. The summed E-state index contributed by atoms with van der Waals surface area (Å²) in [7, 11) is 0. The smallest absolute Gasteiger partial charge is 0.265 e. The average Bonchev–Trinajstić information content (AvgIpc) is 3.51. The molecule has 1 aliphatic heterocycles. The third-order valence-electron chi connectivity index (χ3n) is 7.07. The lowest BCUT2D eigenvalue weighted by Crippen LogP contribution is -2.45. The summed E-state index contributed by atoms with van der Waals surface area (Å²) in [5.74, 6) is 5.35. The van der Waals surface area contributed by atoms with Gasteiger partial charge in [0.2, 0.25) is 5.90 Å². The van der Waals surface area contributed by atoms with Crippen LogP contribution in [0.5, 0.6) is 5.75 Å². The van der Waals surface area contributed by atoms with Crippen molar-refractivity contribution in [2.45, 2.75) is 52.3 Å². The fourth-order valence-electron chi connectivity index (χ4n) is 4.66. The van der Waals surface area contributed by atoms with Crippen molar-refractivity contribution in [3.05, 3.63) is 99.6 Å². The van der Waals surface area contributed by atoms with Crippen LogP contribution in [0.4, 0.5) is 0 Å². The fourth-order valence-corrected chi connectivity index (χ4v) is 4.88. The number of benzene rings is 3. The van der Waals surface area contributed by atoms with E-state index >= 15 is 0 Å². The first-order valence-corrected chi connectivity index (χ1v) is 14.9. The maximum absolute atomic E-state index is 13.3. The van der Waals surface area contributed by atoms with Gasteiger partial charge in [0.05, 0.1) is 34.3 Å². The van der Waals surface area contributed by atoms with E-state index in [9.17, 15) is 14.4 Å². The Bertz CT molecular complexity index is 1520. The van der Waals surface area contributed by atoms with E-state index in [4.69, 9.17) is 26.9 Å². The van der Waals surface area contributed by atoms with Crippen molar-refractivity contribution in [1.29, 1.82) is 0 Å². The number of carbonyl (C=O) groups excluding carboxylic acids is 3. The summed E-state index contributed by atoms with van der Waals surface area (Å²) >= 11 is 6.38. The van der Waals surface area contributed by atoms with Crippen LogP contribution in [0.15, 0.2) is 71.7 Å². The van der Waals surface area contributed by atoms with E-state index in [-0.39, 0.29) is 35.7 Å². The maximum atomic E-state index is 13.3. The van der Waals surface area contributed by atoms with Gasteiger partial charge in [-0.2, -0.15) is 0 Å². The van der Waals surface area contributed by atoms with E-state index < -0.39 is 17.9 Å². The van der Waals surface area contributed by atoms with Crippen molar-refractivity contribution < 1.29 is 23.9 Å². The summed E-state index contributed by atoms with van der Waals surface area (Å²) < 4.78 is 11.5. The number of carbonyl (C=O) groups is 3. The Labute approximate surface area is 262 Å². The van der Waals surface area contributed by atoms with Crippen molar-refractivity contribution >= 4 is 35.2 Å². The van der Waals surface area contributed by atoms with Crippen LogP contribution in [0.3, 0.4) is 0 Å². The van der Waals surface area contributed by atoms with Crippen LogP contribution in [0, 0.1) is 5.92 Å². The second kappa shape index (κ2) is 14.9. The molecule has 4 rings (SSSR count). The molecule has 3 aromatic rings. The molecule has 3 aromatic carbocycles. The summed E-state index contributed by atoms with van der Waals surface area (Å²) in [6.07, 6.45) is 0.332. The van der Waals surface area contributed by atoms with Crippen LogP contribution in [0.25, 0.3) is 0 Å². The largest absolute Gasteiger partial charge is 0.489 e. The molecule has 2 atom stereocenters. The van der Waals surface area contributed by atoms with Gasteiger partial charge in [0, 0.05) is 17.7 Å². The second-order valence-corrected chi connectivity index (χ2v) is 11.6. The van der Waals surface area contributed by atoms with Gasteiger partial charge in [0.25, 0.3) is 17.7 Å². The van der Waals surface area contributed by atoms with E-state index in [0.717, 1.165) is 11.1 Å². The average molecular weight is 620 g/mol. The minimum Gasteiger partial charge on any atom is -0.489 e. The summed E-state index contributed by atoms with van der Waals surface area (Å²) in [5.41, 5.74) is 4.50. The van der Waals surface area contributed by atoms with Crippen LogP contribution < -0.4 is 26.6 Å². The highest BCUT2D eigenvalue weighted by atomic mass is 35.5. The Morgan fingerprint density at radius 2 is 1.66 bits per heavy atom. The number of hydrazine groups is 1. The van der Waals surface area contributed by atoms with Crippen molar-refractivity contribution in [3.8, 4) is 5.75 Å². The standard InChI is InChI=1S/C33H38ClN5O5/c1-19(2)28-18-43-33(38-28)22-11-9-21(10-12-22)15-24(17-36-31(41)25-7-5-6-8-26(25)32(42)39-35)37-30(40)23-13-14-29(27(34)16-23)44-20(3)4/h5-14,16,19-20,24,28H,15,17-18,35H2,1-4H3,(H,36,41)(H,37,40)(H,39,42). The molecule has 0 spiro atoms. The molecule has 10 nitrogen and oxygen atoms in total. The minimum absolute atomic E-state index is 0.0726. The number of hydrogen-bond donors (Lipinski definition) is 4. The number of nitrogens with zero attached hydrogens (tertiary/aromatic N) is 1. The quantitative estimate of drug-likeness (QED) is 0.135. The molecule has 0 radical (unpaired) electrons. The predicted octanol–water partition coefficient (Wildman–Crippen LogP) is 4.30. The lowest BCUT2D eigenvalue weighted by Gasteiger charge is -2.21. The highest BCUT2D eigenvalue weighted by molar-refractivity contribution is 6.32. The van der Waals surface area contributed by atoms with Gasteiger partial charge in [-0.15, -0.1) is 0 Å². The number of rotatable bonds is 12. The third-order valence-corrected chi connectivity index (χ3v) is 7.37. The van der Waals surface area contributed by atoms with Gasteiger partial charge in [0.15, 0.2) is 0 Å². The first-order chi connectivity index (χ1) is 21.0. The predicted molar refractivity (Wildman–Crippen MR) is 170 cm³/mol. The van der Waals surface area contributed by atoms with Crippen LogP contribution >= 0.6 is 11.6 Å². The van der Waals surface area contributed by atoms with Gasteiger partial charge in [-0.3, -0.25) is 19.8 Å². The first kappa shape index (κ1) is 32.5. The molecule has 0 bridgehead atoms. The van der Waals surface area contributed by atoms with Crippen molar-refractivity contribution in [2.75, 3.05) is 13.2 Å². The molecule has 0 aliphatic carbocycles. The lowest BCUT2D eigenvalue weighted by molar-refractivity contribution is 0.0902. The summed E-state index contributed by atoms with van der Waals surface area (Å²) in [6, 6.07) is 18.6. The number of ether oxygens (including phenoxy) is 2. The molecule has 44 heavy (non-hydrogen) atoms. The van der Waals surface area contributed by atoms with E-state index in [0.29, 0.717) is 41.2 Å². The molecule has 3 amide bonds. The zero-order valence-electron chi connectivity index (χ0n) is 25.2. The molecule has 1 heterocycles. The molecule has 0 fully saturated rings. The Balaban J connectivity index is 1.52. The minimum atomic E-state index is -0.585. The SMILES string of the molecule is CC(C)Oc1ccc(C(=O)NC(CNC(=O)c2ccccc2C(=O)NN)Cc2ccc(C3=NC(C(C)C)CO3)cc2)cc1Cl. The Hall–Kier alpha value is -4.41. The van der Waals surface area contributed by atoms with E-state index in [2.05, 4.69) is 34.9 Å². The number of nitrogens with one attached hydrogen (secondary N) is 3. The van der Waals surface area contributed by atoms with Gasteiger partial charge in [-0.1, -0.05) is 49.7 Å². The molecule has 11 heteroatoms. The zero-order valence-corrected chi connectivity index (χ0v) is 26.0. The normalized spacial score (nSPS) is 14.9. The number of nitrogens with two attached hydrogens (primary N) is 1.